The zero-order valence-corrected chi connectivity index (χ0v) is 10.6. The Morgan fingerprint density at radius 1 is 1.35 bits per heavy atom. The molecule has 0 aliphatic heterocycles. The van der Waals surface area contributed by atoms with Gasteiger partial charge in [-0.05, 0) is 17.9 Å². The fourth-order valence-corrected chi connectivity index (χ4v) is 1.92. The lowest BCUT2D eigenvalue weighted by atomic mass is 10.3. The highest BCUT2D eigenvalue weighted by Gasteiger charge is 2.08. The van der Waals surface area contributed by atoms with E-state index in [2.05, 4.69) is 27.2 Å². The van der Waals surface area contributed by atoms with E-state index in [0.717, 1.165) is 18.5 Å². The number of rotatable bonds is 5. The van der Waals surface area contributed by atoms with Crippen molar-refractivity contribution >= 4 is 17.3 Å². The van der Waals surface area contributed by atoms with Gasteiger partial charge in [0.15, 0.2) is 5.82 Å². The molecule has 0 saturated heterocycles. The second kappa shape index (κ2) is 5.58. The van der Waals surface area contributed by atoms with Crippen molar-refractivity contribution in [2.45, 2.75) is 13.3 Å². The fraction of sp³-hybridized carbons (Fsp3) is 0.364. The highest BCUT2D eigenvalue weighted by Crippen LogP contribution is 2.20. The SMILES string of the molecule is CCCNc1nc(OC)nc(-c2ccsc2)n1. The molecule has 2 aromatic rings. The minimum absolute atomic E-state index is 0.333. The molecule has 0 bridgehead atoms. The molecule has 0 fully saturated rings. The molecule has 2 rings (SSSR count). The van der Waals surface area contributed by atoms with Crippen LogP contribution in [0.3, 0.4) is 0 Å². The van der Waals surface area contributed by atoms with Gasteiger partial charge in [-0.25, -0.2) is 0 Å². The number of ether oxygens (including phenoxy) is 1. The third-order valence-corrected chi connectivity index (χ3v) is 2.79. The Labute approximate surface area is 104 Å². The molecule has 90 valence electrons. The molecule has 2 heterocycles. The van der Waals surface area contributed by atoms with Gasteiger partial charge in [-0.3, -0.25) is 0 Å². The van der Waals surface area contributed by atoms with E-state index in [1.807, 2.05) is 16.8 Å². The molecule has 0 saturated carbocycles. The van der Waals surface area contributed by atoms with Crippen LogP contribution in [-0.2, 0) is 0 Å². The summed E-state index contributed by atoms with van der Waals surface area (Å²) < 4.78 is 5.07. The number of hydrogen-bond acceptors (Lipinski definition) is 6. The normalized spacial score (nSPS) is 10.2. The van der Waals surface area contributed by atoms with Crippen LogP contribution in [-0.4, -0.2) is 28.6 Å². The molecular formula is C11H14N4OS. The summed E-state index contributed by atoms with van der Waals surface area (Å²) in [7, 11) is 1.55. The lowest BCUT2D eigenvalue weighted by Crippen LogP contribution is -2.07. The number of aromatic nitrogens is 3. The highest BCUT2D eigenvalue weighted by atomic mass is 32.1. The molecular weight excluding hydrogens is 236 g/mol. The van der Waals surface area contributed by atoms with E-state index >= 15 is 0 Å². The third-order valence-electron chi connectivity index (χ3n) is 2.11. The van der Waals surface area contributed by atoms with Crippen molar-refractivity contribution in [2.24, 2.45) is 0 Å². The Hall–Kier alpha value is -1.69. The van der Waals surface area contributed by atoms with Crippen LogP contribution < -0.4 is 10.1 Å². The highest BCUT2D eigenvalue weighted by molar-refractivity contribution is 7.08. The number of nitrogens with zero attached hydrogens (tertiary/aromatic N) is 3. The Kier molecular flexibility index (Phi) is 3.87. The summed E-state index contributed by atoms with van der Waals surface area (Å²) in [4.78, 5) is 12.7. The molecule has 0 aliphatic rings. The van der Waals surface area contributed by atoms with Crippen molar-refractivity contribution in [2.75, 3.05) is 19.0 Å². The van der Waals surface area contributed by atoms with Crippen molar-refractivity contribution in [1.82, 2.24) is 15.0 Å². The lowest BCUT2D eigenvalue weighted by Gasteiger charge is -2.06. The van der Waals surface area contributed by atoms with Crippen LogP contribution in [0.2, 0.25) is 0 Å². The molecule has 0 unspecified atom stereocenters. The molecule has 2 aromatic heterocycles. The minimum atomic E-state index is 0.333. The average molecular weight is 250 g/mol. The second-order valence-corrected chi connectivity index (χ2v) is 4.19. The summed E-state index contributed by atoms with van der Waals surface area (Å²) in [5, 5.41) is 7.12. The first-order valence-corrected chi connectivity index (χ1v) is 6.34. The van der Waals surface area contributed by atoms with Crippen LogP contribution in [0.4, 0.5) is 5.95 Å². The zero-order valence-electron chi connectivity index (χ0n) is 9.80. The molecule has 0 aromatic carbocycles. The quantitative estimate of drug-likeness (QED) is 0.883. The van der Waals surface area contributed by atoms with Crippen molar-refractivity contribution in [1.29, 1.82) is 0 Å². The summed E-state index contributed by atoms with van der Waals surface area (Å²) in [6.07, 6.45) is 1.02. The van der Waals surface area contributed by atoms with E-state index in [4.69, 9.17) is 4.74 Å². The van der Waals surface area contributed by atoms with Gasteiger partial charge >= 0.3 is 6.01 Å². The fourth-order valence-electron chi connectivity index (χ4n) is 1.28. The van der Waals surface area contributed by atoms with Gasteiger partial charge in [-0.2, -0.15) is 26.3 Å². The largest absolute Gasteiger partial charge is 0.467 e. The van der Waals surface area contributed by atoms with Gasteiger partial charge in [0.1, 0.15) is 0 Å². The van der Waals surface area contributed by atoms with Gasteiger partial charge in [0.2, 0.25) is 5.95 Å². The summed E-state index contributed by atoms with van der Waals surface area (Å²) in [6.45, 7) is 2.92. The van der Waals surface area contributed by atoms with E-state index in [1.165, 1.54) is 0 Å². The molecule has 1 N–H and O–H groups in total. The zero-order chi connectivity index (χ0) is 12.1. The smallest absolute Gasteiger partial charge is 0.321 e. The van der Waals surface area contributed by atoms with E-state index in [-0.39, 0.29) is 0 Å². The first kappa shape index (κ1) is 11.8. The van der Waals surface area contributed by atoms with Crippen molar-refractivity contribution in [3.63, 3.8) is 0 Å². The number of hydrogen-bond donors (Lipinski definition) is 1. The van der Waals surface area contributed by atoms with Gasteiger partial charge in [0, 0.05) is 17.5 Å². The molecule has 0 radical (unpaired) electrons. The van der Waals surface area contributed by atoms with E-state index in [0.29, 0.717) is 17.8 Å². The average Bonchev–Trinajstić information content (AvgIpc) is 2.89. The van der Waals surface area contributed by atoms with Crippen LogP contribution in [0.25, 0.3) is 11.4 Å². The Morgan fingerprint density at radius 2 is 2.24 bits per heavy atom. The Bertz CT molecular complexity index is 472. The summed E-state index contributed by atoms with van der Waals surface area (Å²) in [5.74, 6) is 1.19. The van der Waals surface area contributed by atoms with Crippen LogP contribution in [0, 0.1) is 0 Å². The van der Waals surface area contributed by atoms with Gasteiger partial charge < -0.3 is 10.1 Å². The van der Waals surface area contributed by atoms with Crippen LogP contribution in [0.5, 0.6) is 6.01 Å². The van der Waals surface area contributed by atoms with Gasteiger partial charge in [-0.1, -0.05) is 6.92 Å². The third kappa shape index (κ3) is 2.91. The molecule has 6 heteroatoms. The van der Waals surface area contributed by atoms with Crippen molar-refractivity contribution in [3.8, 4) is 17.4 Å². The summed E-state index contributed by atoms with van der Waals surface area (Å²) in [6, 6.07) is 2.31. The molecule has 0 aliphatic carbocycles. The van der Waals surface area contributed by atoms with Crippen LogP contribution in [0.1, 0.15) is 13.3 Å². The molecule has 0 spiro atoms. The van der Waals surface area contributed by atoms with E-state index in [1.54, 1.807) is 18.4 Å². The molecule has 0 atom stereocenters. The number of methoxy groups -OCH3 is 1. The van der Waals surface area contributed by atoms with Gasteiger partial charge in [-0.15, -0.1) is 0 Å². The number of thiophene rings is 1. The second-order valence-electron chi connectivity index (χ2n) is 3.41. The van der Waals surface area contributed by atoms with Crippen molar-refractivity contribution < 1.29 is 4.74 Å². The maximum atomic E-state index is 5.07. The predicted octanol–water partition coefficient (Wildman–Crippen LogP) is 2.43. The Morgan fingerprint density at radius 3 is 2.88 bits per heavy atom. The number of anilines is 1. The van der Waals surface area contributed by atoms with Gasteiger partial charge in [0.25, 0.3) is 0 Å². The van der Waals surface area contributed by atoms with Crippen LogP contribution in [0.15, 0.2) is 16.8 Å². The summed E-state index contributed by atoms with van der Waals surface area (Å²) in [5.41, 5.74) is 0.982. The molecule has 5 nitrogen and oxygen atoms in total. The predicted molar refractivity (Wildman–Crippen MR) is 68.5 cm³/mol. The Balaban J connectivity index is 2.32. The van der Waals surface area contributed by atoms with Crippen molar-refractivity contribution in [3.05, 3.63) is 16.8 Å². The van der Waals surface area contributed by atoms with E-state index in [9.17, 15) is 0 Å². The summed E-state index contributed by atoms with van der Waals surface area (Å²) >= 11 is 1.61. The standard InChI is InChI=1S/C11H14N4OS/c1-3-5-12-10-13-9(8-4-6-17-7-8)14-11(15-10)16-2/h4,6-7H,3,5H2,1-2H3,(H,12,13,14,15). The molecule has 17 heavy (non-hydrogen) atoms. The monoisotopic (exact) mass is 250 g/mol. The lowest BCUT2D eigenvalue weighted by molar-refractivity contribution is 0.379. The molecule has 0 amide bonds. The topological polar surface area (TPSA) is 59.9 Å². The maximum absolute atomic E-state index is 5.07. The number of nitrogens with one attached hydrogen (secondary N) is 1. The van der Waals surface area contributed by atoms with E-state index < -0.39 is 0 Å². The first-order valence-electron chi connectivity index (χ1n) is 5.40. The van der Waals surface area contributed by atoms with Crippen LogP contribution >= 0.6 is 11.3 Å². The van der Waals surface area contributed by atoms with Gasteiger partial charge in [0.05, 0.1) is 7.11 Å². The maximum Gasteiger partial charge on any atom is 0.321 e. The first-order chi connectivity index (χ1) is 8.33. The minimum Gasteiger partial charge on any atom is -0.467 e.